The van der Waals surface area contributed by atoms with Gasteiger partial charge in [-0.05, 0) is 60.9 Å². The number of rotatable bonds is 3. The first-order valence-corrected chi connectivity index (χ1v) is 6.51. The molecule has 0 atom stereocenters. The van der Waals surface area contributed by atoms with Crippen LogP contribution in [0.1, 0.15) is 25.3 Å². The van der Waals surface area contributed by atoms with Crippen molar-refractivity contribution in [2.45, 2.75) is 26.2 Å². The van der Waals surface area contributed by atoms with Crippen LogP contribution in [0.15, 0.2) is 42.5 Å². The standard InChI is InChI=1S/C10H14O2.C6H6O2/c1-2-3-4-8-7-9(11)5-6-10(8)12;7-5-1-2-6(8)4-3-5/h5-7,11-12H,2-4H2,1H3;1-4,7-8H. The highest BCUT2D eigenvalue weighted by Gasteiger charge is 2.00. The quantitative estimate of drug-likeness (QED) is 0.646. The number of benzene rings is 2. The molecule has 20 heavy (non-hydrogen) atoms. The Kier molecular flexibility index (Phi) is 6.23. The molecule has 0 aliphatic heterocycles. The molecule has 4 nitrogen and oxygen atoms in total. The average Bonchev–Trinajstić information content (AvgIpc) is 2.44. The number of aromatic hydroxyl groups is 4. The Balaban J connectivity index is 0.000000217. The fraction of sp³-hybridized carbons (Fsp3) is 0.250. The molecule has 0 spiro atoms. The molecule has 4 heteroatoms. The van der Waals surface area contributed by atoms with Gasteiger partial charge in [-0.2, -0.15) is 0 Å². The van der Waals surface area contributed by atoms with Crippen molar-refractivity contribution in [3.8, 4) is 23.0 Å². The smallest absolute Gasteiger partial charge is 0.119 e. The second-order valence-electron chi connectivity index (χ2n) is 4.43. The molecule has 0 heterocycles. The van der Waals surface area contributed by atoms with Gasteiger partial charge in [0.25, 0.3) is 0 Å². The van der Waals surface area contributed by atoms with Crippen LogP contribution in [0.25, 0.3) is 0 Å². The summed E-state index contributed by atoms with van der Waals surface area (Å²) in [5.74, 6) is 0.839. The van der Waals surface area contributed by atoms with Gasteiger partial charge in [0.2, 0.25) is 0 Å². The van der Waals surface area contributed by atoms with Gasteiger partial charge in [-0.25, -0.2) is 0 Å². The molecule has 108 valence electrons. The topological polar surface area (TPSA) is 80.9 Å². The number of aryl methyl sites for hydroxylation is 1. The fourth-order valence-electron chi connectivity index (χ4n) is 1.59. The number of phenols is 4. The van der Waals surface area contributed by atoms with E-state index in [4.69, 9.17) is 15.3 Å². The minimum Gasteiger partial charge on any atom is -0.508 e. The first-order valence-electron chi connectivity index (χ1n) is 6.51. The lowest BCUT2D eigenvalue weighted by Gasteiger charge is -2.03. The van der Waals surface area contributed by atoms with E-state index in [2.05, 4.69) is 6.92 Å². The van der Waals surface area contributed by atoms with Crippen LogP contribution in [0.5, 0.6) is 23.0 Å². The molecule has 0 amide bonds. The van der Waals surface area contributed by atoms with Crippen molar-refractivity contribution in [2.75, 3.05) is 0 Å². The van der Waals surface area contributed by atoms with Gasteiger partial charge in [0, 0.05) is 0 Å². The van der Waals surface area contributed by atoms with E-state index in [1.54, 1.807) is 6.07 Å². The van der Waals surface area contributed by atoms with Crippen LogP contribution in [-0.4, -0.2) is 20.4 Å². The number of phenolic OH excluding ortho intramolecular Hbond substituents is 4. The van der Waals surface area contributed by atoms with Crippen LogP contribution in [-0.2, 0) is 6.42 Å². The van der Waals surface area contributed by atoms with Crippen LogP contribution in [0.2, 0.25) is 0 Å². The van der Waals surface area contributed by atoms with Gasteiger partial charge in [0.05, 0.1) is 0 Å². The molecule has 0 radical (unpaired) electrons. The molecule has 2 aromatic rings. The van der Waals surface area contributed by atoms with E-state index in [0.717, 1.165) is 24.8 Å². The molecule has 2 rings (SSSR count). The van der Waals surface area contributed by atoms with E-state index in [1.807, 2.05) is 0 Å². The summed E-state index contributed by atoms with van der Waals surface area (Å²) in [6.45, 7) is 2.10. The SMILES string of the molecule is CCCCc1cc(O)ccc1O.Oc1ccc(O)cc1. The molecular weight excluding hydrogens is 256 g/mol. The van der Waals surface area contributed by atoms with Crippen LogP contribution in [0.4, 0.5) is 0 Å². The van der Waals surface area contributed by atoms with Crippen LogP contribution < -0.4 is 0 Å². The van der Waals surface area contributed by atoms with Crippen molar-refractivity contribution in [3.05, 3.63) is 48.0 Å². The van der Waals surface area contributed by atoms with Gasteiger partial charge in [-0.15, -0.1) is 0 Å². The maximum Gasteiger partial charge on any atom is 0.119 e. The molecule has 0 bridgehead atoms. The van der Waals surface area contributed by atoms with E-state index in [1.165, 1.54) is 36.4 Å². The number of unbranched alkanes of at least 4 members (excludes halogenated alkanes) is 1. The number of hydrogen-bond donors (Lipinski definition) is 4. The summed E-state index contributed by atoms with van der Waals surface area (Å²) >= 11 is 0. The first kappa shape index (κ1) is 15.7. The minimum atomic E-state index is 0.169. The molecule has 0 aliphatic carbocycles. The van der Waals surface area contributed by atoms with Gasteiger partial charge in [0.1, 0.15) is 23.0 Å². The fourth-order valence-corrected chi connectivity index (χ4v) is 1.59. The van der Waals surface area contributed by atoms with Gasteiger partial charge in [-0.1, -0.05) is 13.3 Å². The molecule has 0 saturated carbocycles. The van der Waals surface area contributed by atoms with Gasteiger partial charge >= 0.3 is 0 Å². The third kappa shape index (κ3) is 5.52. The van der Waals surface area contributed by atoms with E-state index < -0.39 is 0 Å². The molecule has 0 saturated heterocycles. The zero-order valence-electron chi connectivity index (χ0n) is 11.5. The van der Waals surface area contributed by atoms with Crippen molar-refractivity contribution >= 4 is 0 Å². The Bertz CT molecular complexity index is 500. The third-order valence-electron chi connectivity index (χ3n) is 2.71. The van der Waals surface area contributed by atoms with Crippen molar-refractivity contribution in [1.29, 1.82) is 0 Å². The van der Waals surface area contributed by atoms with Crippen LogP contribution in [0, 0.1) is 0 Å². The molecule has 4 N–H and O–H groups in total. The predicted molar refractivity (Wildman–Crippen MR) is 78.2 cm³/mol. The van der Waals surface area contributed by atoms with Crippen molar-refractivity contribution in [3.63, 3.8) is 0 Å². The third-order valence-corrected chi connectivity index (χ3v) is 2.71. The molecular formula is C16H20O4. The molecule has 0 aliphatic rings. The normalized spacial score (nSPS) is 9.65. The van der Waals surface area contributed by atoms with Crippen molar-refractivity contribution in [1.82, 2.24) is 0 Å². The maximum absolute atomic E-state index is 9.35. The largest absolute Gasteiger partial charge is 0.508 e. The molecule has 0 unspecified atom stereocenters. The highest BCUT2D eigenvalue weighted by molar-refractivity contribution is 5.38. The Labute approximate surface area is 118 Å². The predicted octanol–water partition coefficient (Wildman–Crippen LogP) is 3.54. The Hall–Kier alpha value is -2.36. The summed E-state index contributed by atoms with van der Waals surface area (Å²) in [6, 6.07) is 10.3. The lowest BCUT2D eigenvalue weighted by molar-refractivity contribution is 0.453. The number of hydrogen-bond acceptors (Lipinski definition) is 4. The van der Waals surface area contributed by atoms with Crippen LogP contribution in [0.3, 0.4) is 0 Å². The summed E-state index contributed by atoms with van der Waals surface area (Å²) in [6.07, 6.45) is 2.96. The summed E-state index contributed by atoms with van der Waals surface area (Å²) in [4.78, 5) is 0. The zero-order valence-corrected chi connectivity index (χ0v) is 11.5. The highest BCUT2D eigenvalue weighted by atomic mass is 16.3. The average molecular weight is 276 g/mol. The van der Waals surface area contributed by atoms with Crippen molar-refractivity contribution in [2.24, 2.45) is 0 Å². The van der Waals surface area contributed by atoms with E-state index >= 15 is 0 Å². The van der Waals surface area contributed by atoms with Gasteiger partial charge < -0.3 is 20.4 Å². The summed E-state index contributed by atoms with van der Waals surface area (Å²) in [7, 11) is 0. The summed E-state index contributed by atoms with van der Waals surface area (Å²) in [5.41, 5.74) is 0.830. The lowest BCUT2D eigenvalue weighted by Crippen LogP contribution is -1.84. The Morgan fingerprint density at radius 1 is 0.750 bits per heavy atom. The Morgan fingerprint density at radius 3 is 1.75 bits per heavy atom. The summed E-state index contributed by atoms with van der Waals surface area (Å²) < 4.78 is 0. The Morgan fingerprint density at radius 2 is 1.25 bits per heavy atom. The van der Waals surface area contributed by atoms with Gasteiger partial charge in [-0.3, -0.25) is 0 Å². The zero-order chi connectivity index (χ0) is 15.0. The summed E-state index contributed by atoms with van der Waals surface area (Å²) in [5, 5.41) is 35.8. The van der Waals surface area contributed by atoms with Crippen molar-refractivity contribution < 1.29 is 20.4 Å². The molecule has 0 aromatic heterocycles. The minimum absolute atomic E-state index is 0.169. The highest BCUT2D eigenvalue weighted by Crippen LogP contribution is 2.23. The van der Waals surface area contributed by atoms with E-state index in [0.29, 0.717) is 0 Å². The molecule has 0 fully saturated rings. The second kappa shape index (κ2) is 7.94. The van der Waals surface area contributed by atoms with E-state index in [-0.39, 0.29) is 23.0 Å². The maximum atomic E-state index is 9.35. The molecule has 2 aromatic carbocycles. The first-order chi connectivity index (χ1) is 9.52. The van der Waals surface area contributed by atoms with Gasteiger partial charge in [0.15, 0.2) is 0 Å². The lowest BCUT2D eigenvalue weighted by atomic mass is 10.1. The second-order valence-corrected chi connectivity index (χ2v) is 4.43. The van der Waals surface area contributed by atoms with Crippen LogP contribution >= 0.6 is 0 Å². The monoisotopic (exact) mass is 276 g/mol. The van der Waals surface area contributed by atoms with E-state index in [9.17, 15) is 5.11 Å².